The van der Waals surface area contributed by atoms with E-state index in [-0.39, 0.29) is 29.3 Å². The highest BCUT2D eigenvalue weighted by Gasteiger charge is 2.26. The van der Waals surface area contributed by atoms with E-state index in [1.807, 2.05) is 13.2 Å². The maximum absolute atomic E-state index is 12.4. The maximum atomic E-state index is 12.4. The number of benzene rings is 1. The zero-order valence-corrected chi connectivity index (χ0v) is 15.1. The Kier molecular flexibility index (Phi) is 7.30. The lowest BCUT2D eigenvalue weighted by molar-refractivity contribution is 0.328. The molecule has 2 atom stereocenters. The van der Waals surface area contributed by atoms with Crippen molar-refractivity contribution >= 4 is 45.8 Å². The van der Waals surface area contributed by atoms with Gasteiger partial charge in [0.1, 0.15) is 0 Å². The Labute approximate surface area is 141 Å². The Morgan fingerprint density at radius 1 is 1.43 bits per heavy atom. The molecule has 0 saturated carbocycles. The van der Waals surface area contributed by atoms with Crippen LogP contribution >= 0.6 is 35.8 Å². The molecule has 1 fully saturated rings. The topological polar surface area (TPSA) is 58.2 Å². The summed E-state index contributed by atoms with van der Waals surface area (Å²) in [7, 11) is -3.51. The van der Waals surface area contributed by atoms with Crippen LogP contribution in [0.3, 0.4) is 0 Å². The van der Waals surface area contributed by atoms with Crippen LogP contribution in [0.15, 0.2) is 28.0 Å². The van der Waals surface area contributed by atoms with Crippen LogP contribution in [0.25, 0.3) is 0 Å². The summed E-state index contributed by atoms with van der Waals surface area (Å²) >= 11 is 7.58. The fourth-order valence-corrected chi connectivity index (χ4v) is 4.61. The van der Waals surface area contributed by atoms with Gasteiger partial charge in [0.25, 0.3) is 0 Å². The quantitative estimate of drug-likeness (QED) is 0.800. The molecule has 21 heavy (non-hydrogen) atoms. The molecule has 1 aliphatic rings. The van der Waals surface area contributed by atoms with Crippen molar-refractivity contribution in [3.05, 3.63) is 23.2 Å². The number of piperidine rings is 1. The number of rotatable bonds is 4. The first-order valence-corrected chi connectivity index (χ1v) is 9.59. The smallest absolute Gasteiger partial charge is 0.240 e. The molecule has 120 valence electrons. The van der Waals surface area contributed by atoms with Gasteiger partial charge >= 0.3 is 0 Å². The van der Waals surface area contributed by atoms with Gasteiger partial charge in [-0.05, 0) is 49.9 Å². The Balaban J connectivity index is 0.00000220. The zero-order valence-electron chi connectivity index (χ0n) is 11.9. The van der Waals surface area contributed by atoms with Gasteiger partial charge in [0.05, 0.1) is 9.92 Å². The Morgan fingerprint density at radius 3 is 2.71 bits per heavy atom. The fourth-order valence-electron chi connectivity index (χ4n) is 2.27. The van der Waals surface area contributed by atoms with E-state index in [0.29, 0.717) is 5.02 Å². The van der Waals surface area contributed by atoms with Crippen LogP contribution in [-0.4, -0.2) is 33.8 Å². The summed E-state index contributed by atoms with van der Waals surface area (Å²) in [5, 5.41) is 3.73. The summed E-state index contributed by atoms with van der Waals surface area (Å²) in [5.41, 5.74) is 0. The van der Waals surface area contributed by atoms with Crippen LogP contribution in [0.1, 0.15) is 13.3 Å². The van der Waals surface area contributed by atoms with Crippen LogP contribution in [-0.2, 0) is 10.0 Å². The molecule has 0 amide bonds. The van der Waals surface area contributed by atoms with Crippen molar-refractivity contribution in [1.29, 1.82) is 0 Å². The number of nitrogens with one attached hydrogen (secondary N) is 2. The van der Waals surface area contributed by atoms with Gasteiger partial charge in [0.2, 0.25) is 10.0 Å². The number of hydrogen-bond donors (Lipinski definition) is 2. The average Bonchev–Trinajstić information content (AvgIpc) is 2.41. The van der Waals surface area contributed by atoms with E-state index < -0.39 is 10.0 Å². The van der Waals surface area contributed by atoms with E-state index in [4.69, 9.17) is 11.6 Å². The minimum absolute atomic E-state index is 0. The summed E-state index contributed by atoms with van der Waals surface area (Å²) in [6.07, 6.45) is 2.71. The summed E-state index contributed by atoms with van der Waals surface area (Å²) in [6.45, 7) is 3.71. The molecule has 0 aliphatic carbocycles. The molecular formula is C13H20Cl2N2O2S2. The van der Waals surface area contributed by atoms with Crippen molar-refractivity contribution in [1.82, 2.24) is 10.0 Å². The van der Waals surface area contributed by atoms with Crippen LogP contribution in [0, 0.1) is 5.92 Å². The third-order valence-corrected chi connectivity index (χ3v) is 6.23. The van der Waals surface area contributed by atoms with Gasteiger partial charge in [-0.3, -0.25) is 0 Å². The second-order valence-electron chi connectivity index (χ2n) is 4.99. The largest absolute Gasteiger partial charge is 0.316 e. The molecular weight excluding hydrogens is 351 g/mol. The van der Waals surface area contributed by atoms with Crippen molar-refractivity contribution < 1.29 is 8.42 Å². The molecule has 0 aromatic heterocycles. The van der Waals surface area contributed by atoms with E-state index in [2.05, 4.69) is 10.0 Å². The van der Waals surface area contributed by atoms with Gasteiger partial charge in [0, 0.05) is 10.9 Å². The van der Waals surface area contributed by atoms with Gasteiger partial charge in [-0.2, -0.15) is 0 Å². The monoisotopic (exact) mass is 370 g/mol. The summed E-state index contributed by atoms with van der Waals surface area (Å²) < 4.78 is 27.6. The van der Waals surface area contributed by atoms with Crippen LogP contribution in [0.2, 0.25) is 5.02 Å². The van der Waals surface area contributed by atoms with E-state index >= 15 is 0 Å². The first-order chi connectivity index (χ1) is 9.44. The summed E-state index contributed by atoms with van der Waals surface area (Å²) in [6, 6.07) is 4.83. The molecule has 1 saturated heterocycles. The summed E-state index contributed by atoms with van der Waals surface area (Å²) in [4.78, 5) is 1.10. The number of hydrogen-bond acceptors (Lipinski definition) is 4. The highest BCUT2D eigenvalue weighted by Crippen LogP contribution is 2.28. The van der Waals surface area contributed by atoms with Crippen molar-refractivity contribution in [3.8, 4) is 0 Å². The Morgan fingerprint density at radius 2 is 2.14 bits per heavy atom. The van der Waals surface area contributed by atoms with Gasteiger partial charge in [-0.15, -0.1) is 24.2 Å². The van der Waals surface area contributed by atoms with Gasteiger partial charge < -0.3 is 5.32 Å². The average molecular weight is 371 g/mol. The molecule has 1 aliphatic heterocycles. The Hall–Kier alpha value is 0.0200. The van der Waals surface area contributed by atoms with Crippen molar-refractivity contribution in [2.45, 2.75) is 29.2 Å². The summed E-state index contributed by atoms with van der Waals surface area (Å²) in [5.74, 6) is 0.277. The van der Waals surface area contributed by atoms with E-state index in [0.717, 1.165) is 24.4 Å². The second kappa shape index (κ2) is 8.04. The molecule has 0 bridgehead atoms. The van der Waals surface area contributed by atoms with Crippen molar-refractivity contribution in [2.75, 3.05) is 19.3 Å². The van der Waals surface area contributed by atoms with Crippen molar-refractivity contribution in [3.63, 3.8) is 0 Å². The van der Waals surface area contributed by atoms with Crippen LogP contribution < -0.4 is 10.0 Å². The predicted octanol–water partition coefficient (Wildman–Crippen LogP) is 2.76. The fraction of sp³-hybridized carbons (Fsp3) is 0.538. The molecule has 8 heteroatoms. The maximum Gasteiger partial charge on any atom is 0.240 e. The lowest BCUT2D eigenvalue weighted by Crippen LogP contribution is -2.48. The van der Waals surface area contributed by atoms with Crippen LogP contribution in [0.5, 0.6) is 0 Å². The highest BCUT2D eigenvalue weighted by molar-refractivity contribution is 7.98. The lowest BCUT2D eigenvalue weighted by Gasteiger charge is -2.30. The zero-order chi connectivity index (χ0) is 14.8. The first-order valence-electron chi connectivity index (χ1n) is 6.50. The minimum atomic E-state index is -3.51. The lowest BCUT2D eigenvalue weighted by atomic mass is 9.97. The first kappa shape index (κ1) is 19.1. The third-order valence-electron chi connectivity index (χ3n) is 3.53. The molecule has 2 N–H and O–H groups in total. The van der Waals surface area contributed by atoms with E-state index in [9.17, 15) is 8.42 Å². The minimum Gasteiger partial charge on any atom is -0.316 e. The number of thioether (sulfide) groups is 1. The van der Waals surface area contributed by atoms with Gasteiger partial charge in [0.15, 0.2) is 0 Å². The van der Waals surface area contributed by atoms with Gasteiger partial charge in [-0.1, -0.05) is 18.5 Å². The molecule has 0 spiro atoms. The second-order valence-corrected chi connectivity index (χ2v) is 7.96. The molecule has 1 heterocycles. The molecule has 0 radical (unpaired) electrons. The molecule has 2 unspecified atom stereocenters. The molecule has 4 nitrogen and oxygen atoms in total. The Bertz CT molecular complexity index is 582. The molecule has 1 aromatic rings. The van der Waals surface area contributed by atoms with E-state index in [1.54, 1.807) is 12.1 Å². The normalized spacial score (nSPS) is 22.6. The van der Waals surface area contributed by atoms with Crippen LogP contribution in [0.4, 0.5) is 0 Å². The SMILES string of the molecule is CSc1ccc(S(=O)(=O)NC2CCNCC2C)cc1Cl.Cl. The highest BCUT2D eigenvalue weighted by atomic mass is 35.5. The van der Waals surface area contributed by atoms with Crippen molar-refractivity contribution in [2.24, 2.45) is 5.92 Å². The number of halogens is 2. The van der Waals surface area contributed by atoms with Gasteiger partial charge in [-0.25, -0.2) is 13.1 Å². The standard InChI is InChI=1S/C13H19ClN2O2S2.ClH/c1-9-8-15-6-5-12(9)16-20(17,18)10-3-4-13(19-2)11(14)7-10;/h3-4,7,9,12,15-16H,5-6,8H2,1-2H3;1H. The third kappa shape index (κ3) is 4.74. The molecule has 1 aromatic carbocycles. The molecule has 2 rings (SSSR count). The van der Waals surface area contributed by atoms with E-state index in [1.165, 1.54) is 17.8 Å². The number of sulfonamides is 1. The predicted molar refractivity (Wildman–Crippen MR) is 91.2 cm³/mol.